The summed E-state index contributed by atoms with van der Waals surface area (Å²) in [5.74, 6) is -2.70. The van der Waals surface area contributed by atoms with Crippen LogP contribution >= 0.6 is 0 Å². The van der Waals surface area contributed by atoms with Gasteiger partial charge in [-0.1, -0.05) is 12.1 Å². The van der Waals surface area contributed by atoms with Crippen molar-refractivity contribution in [2.45, 2.75) is 36.7 Å². The molecule has 23 heavy (non-hydrogen) atoms. The Hall–Kier alpha value is -2.00. The summed E-state index contributed by atoms with van der Waals surface area (Å²) >= 11 is 0. The van der Waals surface area contributed by atoms with Gasteiger partial charge in [0.05, 0.1) is 6.04 Å². The summed E-state index contributed by atoms with van der Waals surface area (Å²) in [7, 11) is -4.22. The highest BCUT2D eigenvalue weighted by atomic mass is 32.2. The fraction of sp³-hybridized carbons (Fsp3) is 0.429. The molecule has 1 aliphatic heterocycles. The summed E-state index contributed by atoms with van der Waals surface area (Å²) in [6, 6.07) is 2.66. The van der Waals surface area contributed by atoms with Crippen LogP contribution in [-0.2, 0) is 19.6 Å². The van der Waals surface area contributed by atoms with Gasteiger partial charge in [-0.05, 0) is 31.9 Å². The number of halogens is 1. The lowest BCUT2D eigenvalue weighted by Gasteiger charge is -2.25. The standard InChI is InChI=1S/C14H17FN2O5S/c1-9(13(18)17-8-4-6-11(17)14(19)20)16-23(21,22)12-7-3-2-5-10(12)15/h2-3,5,7,9,11,16H,4,6,8H2,1H3,(H,19,20)/t9?,11-/m1/s1. The van der Waals surface area contributed by atoms with Crippen LogP contribution in [0.2, 0.25) is 0 Å². The average Bonchev–Trinajstić information content (AvgIpc) is 2.95. The summed E-state index contributed by atoms with van der Waals surface area (Å²) in [4.78, 5) is 24.0. The van der Waals surface area contributed by atoms with Gasteiger partial charge in [0.15, 0.2) is 0 Å². The molecule has 0 bridgehead atoms. The third-order valence-electron chi connectivity index (χ3n) is 3.65. The maximum Gasteiger partial charge on any atom is 0.326 e. The molecule has 2 N–H and O–H groups in total. The molecule has 1 aromatic rings. The highest BCUT2D eigenvalue weighted by Gasteiger charge is 2.37. The first kappa shape index (κ1) is 17.4. The first-order chi connectivity index (χ1) is 10.7. The SMILES string of the molecule is CC(NS(=O)(=O)c1ccccc1F)C(=O)N1CCC[C@@H]1C(=O)O. The fourth-order valence-corrected chi connectivity index (χ4v) is 3.82. The number of benzene rings is 1. The summed E-state index contributed by atoms with van der Waals surface area (Å²) < 4.78 is 40.0. The molecule has 1 heterocycles. The Morgan fingerprint density at radius 3 is 2.65 bits per heavy atom. The second-order valence-electron chi connectivity index (χ2n) is 5.30. The van der Waals surface area contributed by atoms with Crippen molar-refractivity contribution in [3.8, 4) is 0 Å². The molecule has 1 aliphatic rings. The van der Waals surface area contributed by atoms with Crippen molar-refractivity contribution in [2.24, 2.45) is 0 Å². The molecule has 2 rings (SSSR count). The number of nitrogens with zero attached hydrogens (tertiary/aromatic N) is 1. The first-order valence-corrected chi connectivity index (χ1v) is 8.52. The van der Waals surface area contributed by atoms with Gasteiger partial charge >= 0.3 is 5.97 Å². The molecule has 1 unspecified atom stereocenters. The van der Waals surface area contributed by atoms with Crippen LogP contribution in [0.15, 0.2) is 29.2 Å². The van der Waals surface area contributed by atoms with Crippen molar-refractivity contribution in [3.63, 3.8) is 0 Å². The molecule has 0 saturated carbocycles. The van der Waals surface area contributed by atoms with Gasteiger partial charge in [-0.15, -0.1) is 0 Å². The molecule has 1 saturated heterocycles. The zero-order valence-electron chi connectivity index (χ0n) is 12.4. The van der Waals surface area contributed by atoms with Crippen LogP contribution in [-0.4, -0.2) is 48.9 Å². The van der Waals surface area contributed by atoms with E-state index in [1.807, 2.05) is 0 Å². The molecule has 2 atom stereocenters. The van der Waals surface area contributed by atoms with Crippen molar-refractivity contribution in [3.05, 3.63) is 30.1 Å². The van der Waals surface area contributed by atoms with Crippen LogP contribution in [0.5, 0.6) is 0 Å². The van der Waals surface area contributed by atoms with Crippen LogP contribution in [0.1, 0.15) is 19.8 Å². The van der Waals surface area contributed by atoms with Crippen LogP contribution in [0.25, 0.3) is 0 Å². The molecule has 0 radical (unpaired) electrons. The molecule has 7 nitrogen and oxygen atoms in total. The van der Waals surface area contributed by atoms with E-state index < -0.39 is 44.7 Å². The minimum atomic E-state index is -4.22. The molecular weight excluding hydrogens is 327 g/mol. The van der Waals surface area contributed by atoms with Gasteiger partial charge < -0.3 is 10.0 Å². The summed E-state index contributed by atoms with van der Waals surface area (Å²) in [5, 5.41) is 9.08. The number of hydrogen-bond acceptors (Lipinski definition) is 4. The van der Waals surface area contributed by atoms with Crippen LogP contribution in [0.3, 0.4) is 0 Å². The van der Waals surface area contributed by atoms with E-state index in [-0.39, 0.29) is 6.54 Å². The Morgan fingerprint density at radius 2 is 2.04 bits per heavy atom. The van der Waals surface area contributed by atoms with E-state index in [0.717, 1.165) is 17.0 Å². The number of sulfonamides is 1. The smallest absolute Gasteiger partial charge is 0.326 e. The monoisotopic (exact) mass is 344 g/mol. The second-order valence-corrected chi connectivity index (χ2v) is 6.98. The van der Waals surface area contributed by atoms with E-state index in [1.165, 1.54) is 19.1 Å². The molecule has 126 valence electrons. The Kier molecular flexibility index (Phi) is 5.00. The zero-order chi connectivity index (χ0) is 17.2. The molecular formula is C14H17FN2O5S. The minimum absolute atomic E-state index is 0.252. The molecule has 1 aromatic carbocycles. The molecule has 0 aliphatic carbocycles. The largest absolute Gasteiger partial charge is 0.480 e. The fourth-order valence-electron chi connectivity index (χ4n) is 2.55. The van der Waals surface area contributed by atoms with Gasteiger partial charge in [-0.25, -0.2) is 17.6 Å². The van der Waals surface area contributed by atoms with Gasteiger partial charge in [-0.2, -0.15) is 4.72 Å². The van der Waals surface area contributed by atoms with E-state index in [0.29, 0.717) is 12.8 Å². The van der Waals surface area contributed by atoms with Crippen LogP contribution in [0.4, 0.5) is 4.39 Å². The highest BCUT2D eigenvalue weighted by molar-refractivity contribution is 7.89. The predicted molar refractivity (Wildman–Crippen MR) is 78.6 cm³/mol. The van der Waals surface area contributed by atoms with E-state index in [1.54, 1.807) is 0 Å². The number of carbonyl (C=O) groups is 2. The summed E-state index contributed by atoms with van der Waals surface area (Å²) in [5.41, 5.74) is 0. The Labute approximate surface area is 133 Å². The second kappa shape index (κ2) is 6.63. The van der Waals surface area contributed by atoms with E-state index in [9.17, 15) is 22.4 Å². The molecule has 9 heteroatoms. The summed E-state index contributed by atoms with van der Waals surface area (Å²) in [6.07, 6.45) is 0.864. The van der Waals surface area contributed by atoms with Crippen LogP contribution in [0, 0.1) is 5.82 Å². The van der Waals surface area contributed by atoms with Gasteiger partial charge in [0.1, 0.15) is 16.8 Å². The number of hydrogen-bond donors (Lipinski definition) is 2. The number of likely N-dealkylation sites (tertiary alicyclic amines) is 1. The van der Waals surface area contributed by atoms with Gasteiger partial charge in [-0.3, -0.25) is 4.79 Å². The normalized spacial score (nSPS) is 19.6. The Morgan fingerprint density at radius 1 is 1.39 bits per heavy atom. The minimum Gasteiger partial charge on any atom is -0.480 e. The van der Waals surface area contributed by atoms with Crippen molar-refractivity contribution in [2.75, 3.05) is 6.54 Å². The quantitative estimate of drug-likeness (QED) is 0.813. The van der Waals surface area contributed by atoms with Gasteiger partial charge in [0.25, 0.3) is 0 Å². The lowest BCUT2D eigenvalue weighted by atomic mass is 10.2. The predicted octanol–water partition coefficient (Wildman–Crippen LogP) is 0.568. The molecule has 1 amide bonds. The molecule has 0 spiro atoms. The number of carbonyl (C=O) groups excluding carboxylic acids is 1. The van der Waals surface area contributed by atoms with E-state index >= 15 is 0 Å². The third kappa shape index (κ3) is 3.67. The Bertz CT molecular complexity index is 722. The van der Waals surface area contributed by atoms with E-state index in [2.05, 4.69) is 4.72 Å². The van der Waals surface area contributed by atoms with Crippen LogP contribution < -0.4 is 4.72 Å². The van der Waals surface area contributed by atoms with Crippen molar-refractivity contribution >= 4 is 21.9 Å². The number of rotatable bonds is 5. The number of aliphatic carboxylic acids is 1. The first-order valence-electron chi connectivity index (χ1n) is 7.04. The number of amides is 1. The van der Waals surface area contributed by atoms with Crippen molar-refractivity contribution in [1.82, 2.24) is 9.62 Å². The lowest BCUT2D eigenvalue weighted by molar-refractivity contribution is -0.148. The molecule has 0 aromatic heterocycles. The highest BCUT2D eigenvalue weighted by Crippen LogP contribution is 2.19. The lowest BCUT2D eigenvalue weighted by Crippen LogP contribution is -2.50. The van der Waals surface area contributed by atoms with Crippen molar-refractivity contribution < 1.29 is 27.5 Å². The zero-order valence-corrected chi connectivity index (χ0v) is 13.2. The van der Waals surface area contributed by atoms with Crippen molar-refractivity contribution in [1.29, 1.82) is 0 Å². The topological polar surface area (TPSA) is 104 Å². The summed E-state index contributed by atoms with van der Waals surface area (Å²) in [6.45, 7) is 1.56. The van der Waals surface area contributed by atoms with E-state index in [4.69, 9.17) is 5.11 Å². The molecule has 1 fully saturated rings. The van der Waals surface area contributed by atoms with Gasteiger partial charge in [0.2, 0.25) is 15.9 Å². The maximum absolute atomic E-state index is 13.6. The Balaban J connectivity index is 2.15. The van der Waals surface area contributed by atoms with Gasteiger partial charge in [0, 0.05) is 6.54 Å². The number of nitrogens with one attached hydrogen (secondary N) is 1. The number of carboxylic acids is 1. The number of carboxylic acid groups (broad SMARTS) is 1. The average molecular weight is 344 g/mol. The maximum atomic E-state index is 13.6. The third-order valence-corrected chi connectivity index (χ3v) is 5.22.